The first-order valence-corrected chi connectivity index (χ1v) is 14.2. The van der Waals surface area contributed by atoms with Crippen LogP contribution in [0.1, 0.15) is 72.0 Å². The summed E-state index contributed by atoms with van der Waals surface area (Å²) in [4.78, 5) is 23.4. The number of anilines is 2. The van der Waals surface area contributed by atoms with Crippen molar-refractivity contribution in [3.8, 4) is 15.6 Å². The Hall–Kier alpha value is -3.19. The molecule has 5 heterocycles. The van der Waals surface area contributed by atoms with Crippen LogP contribution in [-0.4, -0.2) is 62.8 Å². The zero-order chi connectivity index (χ0) is 26.7. The maximum atomic E-state index is 14.0. The lowest BCUT2D eigenvalue weighted by Gasteiger charge is -2.32. The molecule has 2 aliphatic heterocycles. The topological polar surface area (TPSA) is 97.2 Å². The van der Waals surface area contributed by atoms with Crippen LogP contribution in [0.4, 0.5) is 24.9 Å². The van der Waals surface area contributed by atoms with Crippen LogP contribution in [0.2, 0.25) is 0 Å². The van der Waals surface area contributed by atoms with Crippen molar-refractivity contribution < 1.29 is 22.7 Å². The molecule has 0 spiro atoms. The van der Waals surface area contributed by atoms with E-state index in [-0.39, 0.29) is 39.7 Å². The first-order chi connectivity index (χ1) is 18.8. The number of carbonyl (C=O) groups excluding carboxylic acids is 1. The van der Waals surface area contributed by atoms with Crippen LogP contribution in [0.25, 0.3) is 10.6 Å². The van der Waals surface area contributed by atoms with Gasteiger partial charge in [0.15, 0.2) is 10.9 Å². The summed E-state index contributed by atoms with van der Waals surface area (Å²) in [6.45, 7) is 2.71. The van der Waals surface area contributed by atoms with Crippen LogP contribution >= 0.6 is 11.3 Å². The molecule has 9 nitrogen and oxygen atoms in total. The van der Waals surface area contributed by atoms with Gasteiger partial charge in [-0.3, -0.25) is 9.48 Å². The van der Waals surface area contributed by atoms with Gasteiger partial charge in [0.1, 0.15) is 12.2 Å². The van der Waals surface area contributed by atoms with E-state index in [0.717, 1.165) is 67.9 Å². The number of alkyl halides is 3. The maximum Gasteiger partial charge on any atom is 0.420 e. The summed E-state index contributed by atoms with van der Waals surface area (Å²) in [5, 5.41) is 10.9. The van der Waals surface area contributed by atoms with E-state index in [1.165, 1.54) is 18.9 Å². The average molecular weight is 560 g/mol. The fraction of sp³-hybridized carbons (Fsp3) is 0.538. The number of thiophene rings is 1. The zero-order valence-electron chi connectivity index (χ0n) is 21.1. The van der Waals surface area contributed by atoms with Crippen molar-refractivity contribution in [1.82, 2.24) is 30.0 Å². The molecule has 0 bridgehead atoms. The number of nitrogens with zero attached hydrogens (tertiary/aromatic N) is 5. The molecule has 3 aromatic heterocycles. The van der Waals surface area contributed by atoms with Crippen molar-refractivity contribution in [2.75, 3.05) is 31.6 Å². The van der Waals surface area contributed by atoms with Crippen molar-refractivity contribution in [2.24, 2.45) is 0 Å². The van der Waals surface area contributed by atoms with E-state index in [4.69, 9.17) is 9.84 Å². The highest BCUT2D eigenvalue weighted by Crippen LogP contribution is 2.46. The molecule has 206 valence electrons. The minimum absolute atomic E-state index is 0.0302. The number of fused-ring (bicyclic) bond motifs is 1. The van der Waals surface area contributed by atoms with Gasteiger partial charge >= 0.3 is 6.18 Å². The summed E-state index contributed by atoms with van der Waals surface area (Å²) in [6.07, 6.45) is 4.99. The van der Waals surface area contributed by atoms with Gasteiger partial charge in [-0.05, 0) is 50.5 Å². The average Bonchev–Trinajstić information content (AvgIpc) is 3.86. The van der Waals surface area contributed by atoms with Crippen LogP contribution in [0.5, 0.6) is 5.06 Å². The smallest absolute Gasteiger partial charge is 0.420 e. The number of aromatic nitrogens is 4. The molecule has 1 amide bonds. The van der Waals surface area contributed by atoms with E-state index in [1.807, 2.05) is 4.68 Å². The Balaban J connectivity index is 1.19. The van der Waals surface area contributed by atoms with Crippen LogP contribution in [-0.2, 0) is 6.18 Å². The van der Waals surface area contributed by atoms with Crippen molar-refractivity contribution >= 4 is 29.0 Å². The van der Waals surface area contributed by atoms with Gasteiger partial charge in [0.2, 0.25) is 5.95 Å². The number of rotatable bonds is 6. The SMILES string of the molecule is O=C1NCCOc2sc(-c3nc(Nc4nn(C5CCN(C6CC6)CC5)cc4C4CC4)ncc3C(F)(F)F)cc21. The molecule has 3 aromatic rings. The van der Waals surface area contributed by atoms with Gasteiger partial charge in [-0.15, -0.1) is 0 Å². The first-order valence-electron chi connectivity index (χ1n) is 13.4. The molecule has 7 rings (SSSR count). The highest BCUT2D eigenvalue weighted by molar-refractivity contribution is 7.17. The summed E-state index contributed by atoms with van der Waals surface area (Å²) >= 11 is 0.973. The number of ether oxygens (including phenoxy) is 1. The second kappa shape index (κ2) is 9.47. The Morgan fingerprint density at radius 2 is 1.90 bits per heavy atom. The number of nitrogens with one attached hydrogen (secondary N) is 2. The lowest BCUT2D eigenvalue weighted by molar-refractivity contribution is -0.137. The van der Waals surface area contributed by atoms with Crippen molar-refractivity contribution in [3.05, 3.63) is 35.2 Å². The van der Waals surface area contributed by atoms with Crippen LogP contribution in [0, 0.1) is 0 Å². The highest BCUT2D eigenvalue weighted by atomic mass is 32.1. The van der Waals surface area contributed by atoms with E-state index in [2.05, 4.69) is 31.7 Å². The quantitative estimate of drug-likeness (QED) is 0.441. The molecule has 4 aliphatic rings. The Morgan fingerprint density at radius 3 is 2.62 bits per heavy atom. The van der Waals surface area contributed by atoms with Gasteiger partial charge in [0.25, 0.3) is 5.91 Å². The number of likely N-dealkylation sites (tertiary alicyclic amines) is 1. The van der Waals surface area contributed by atoms with Crippen LogP contribution < -0.4 is 15.4 Å². The van der Waals surface area contributed by atoms with Crippen molar-refractivity contribution in [2.45, 2.75) is 62.7 Å². The Kier molecular flexibility index (Phi) is 6.03. The zero-order valence-corrected chi connectivity index (χ0v) is 21.9. The number of amides is 1. The van der Waals surface area contributed by atoms with E-state index < -0.39 is 11.7 Å². The highest BCUT2D eigenvalue weighted by Gasteiger charge is 2.38. The largest absolute Gasteiger partial charge is 0.481 e. The molecule has 0 unspecified atom stereocenters. The number of carbonyl (C=O) groups is 1. The molecular formula is C26H28F3N7O2S. The number of halogens is 3. The van der Waals surface area contributed by atoms with Gasteiger partial charge in [0, 0.05) is 37.1 Å². The Bertz CT molecular complexity index is 1400. The summed E-state index contributed by atoms with van der Waals surface area (Å²) in [6, 6.07) is 2.46. The monoisotopic (exact) mass is 559 g/mol. The molecule has 0 radical (unpaired) electrons. The van der Waals surface area contributed by atoms with Crippen molar-refractivity contribution in [3.63, 3.8) is 0 Å². The van der Waals surface area contributed by atoms with E-state index in [1.54, 1.807) is 0 Å². The van der Waals surface area contributed by atoms with Crippen molar-refractivity contribution in [1.29, 1.82) is 0 Å². The fourth-order valence-corrected chi connectivity index (χ4v) is 6.47. The van der Waals surface area contributed by atoms with E-state index in [9.17, 15) is 18.0 Å². The van der Waals surface area contributed by atoms with Crippen LogP contribution in [0.15, 0.2) is 18.5 Å². The third-order valence-corrected chi connectivity index (χ3v) is 8.89. The van der Waals surface area contributed by atoms with Gasteiger partial charge < -0.3 is 20.3 Å². The number of hydrogen-bond acceptors (Lipinski definition) is 8. The predicted octanol–water partition coefficient (Wildman–Crippen LogP) is 4.96. The third-order valence-electron chi connectivity index (χ3n) is 7.84. The maximum absolute atomic E-state index is 14.0. The molecule has 13 heteroatoms. The van der Waals surface area contributed by atoms with Gasteiger partial charge in [0.05, 0.1) is 28.7 Å². The first kappa shape index (κ1) is 24.8. The number of hydrogen-bond donors (Lipinski definition) is 2. The summed E-state index contributed by atoms with van der Waals surface area (Å²) in [5.74, 6) is 0.624. The Morgan fingerprint density at radius 1 is 1.10 bits per heavy atom. The third kappa shape index (κ3) is 4.97. The molecule has 1 saturated heterocycles. The molecule has 39 heavy (non-hydrogen) atoms. The molecular weight excluding hydrogens is 531 g/mol. The fourth-order valence-electron chi connectivity index (χ4n) is 5.44. The standard InChI is InChI=1S/C26H28F3N7O2S/c27-26(28,29)19-12-31-25(32-21(19)20-11-17-23(37)30-7-10-38-24(17)39-20)33-22-18(14-1-2-14)13-36(34-22)16-5-8-35(9-6-16)15-3-4-15/h11-16H,1-10H2,(H,30,37)(H,31,32,33,34). The molecule has 3 fully saturated rings. The van der Waals surface area contributed by atoms with E-state index >= 15 is 0 Å². The minimum atomic E-state index is -4.67. The molecule has 2 aliphatic carbocycles. The summed E-state index contributed by atoms with van der Waals surface area (Å²) < 4.78 is 49.5. The lowest BCUT2D eigenvalue weighted by Crippen LogP contribution is -2.36. The summed E-state index contributed by atoms with van der Waals surface area (Å²) in [7, 11) is 0. The normalized spacial score (nSPS) is 20.7. The molecule has 0 aromatic carbocycles. The van der Waals surface area contributed by atoms with Gasteiger partial charge in [-0.2, -0.15) is 18.3 Å². The lowest BCUT2D eigenvalue weighted by atomic mass is 10.1. The molecule has 2 N–H and O–H groups in total. The van der Waals surface area contributed by atoms with Gasteiger partial charge in [-0.1, -0.05) is 11.3 Å². The van der Waals surface area contributed by atoms with Gasteiger partial charge in [-0.25, -0.2) is 9.97 Å². The number of piperidine rings is 1. The Labute approximate surface area is 226 Å². The minimum Gasteiger partial charge on any atom is -0.481 e. The molecule has 0 atom stereocenters. The van der Waals surface area contributed by atoms with E-state index in [0.29, 0.717) is 24.3 Å². The predicted molar refractivity (Wildman–Crippen MR) is 139 cm³/mol. The second-order valence-electron chi connectivity index (χ2n) is 10.7. The molecule has 2 saturated carbocycles. The van der Waals surface area contributed by atoms with Crippen LogP contribution in [0.3, 0.4) is 0 Å². The second-order valence-corrected chi connectivity index (χ2v) is 11.7. The summed E-state index contributed by atoms with van der Waals surface area (Å²) in [5.41, 5.74) is -0.0108.